The third kappa shape index (κ3) is 4.28. The Morgan fingerprint density at radius 3 is 2.46 bits per heavy atom. The first-order chi connectivity index (χ1) is 13.4. The van der Waals surface area contributed by atoms with Gasteiger partial charge in [0.15, 0.2) is 5.78 Å². The van der Waals surface area contributed by atoms with E-state index in [0.29, 0.717) is 16.4 Å². The summed E-state index contributed by atoms with van der Waals surface area (Å²) >= 11 is 1.27. The van der Waals surface area contributed by atoms with Crippen LogP contribution < -0.4 is 5.32 Å². The number of Topliss-reactive ketones (excluding diaryl/α,β-unsaturated/α-hetero) is 1. The standard InChI is InChI=1S/C20H21N5O2S/c1-12-7-5-8-13(2)18(12)25-20(22-23-24-25)28-15(4)19(27)21-17-10-6-9-16(11-17)14(3)26/h5-11,15H,1-4H3,(H,21,27). The molecule has 0 aliphatic carbocycles. The molecule has 144 valence electrons. The SMILES string of the molecule is CC(=O)c1cccc(NC(=O)C(C)Sc2nnnn2-c2c(C)cccc2C)c1. The molecule has 0 saturated carbocycles. The van der Waals surface area contributed by atoms with Crippen molar-refractivity contribution in [3.8, 4) is 5.69 Å². The number of carbonyl (C=O) groups excluding carboxylic acids is 2. The van der Waals surface area contributed by atoms with E-state index >= 15 is 0 Å². The lowest BCUT2D eigenvalue weighted by Gasteiger charge is -2.14. The predicted octanol–water partition coefficient (Wildman–Crippen LogP) is 3.60. The maximum Gasteiger partial charge on any atom is 0.237 e. The number of nitrogens with zero attached hydrogens (tertiary/aromatic N) is 4. The number of tetrazole rings is 1. The van der Waals surface area contributed by atoms with Crippen LogP contribution in [0.25, 0.3) is 5.69 Å². The third-order valence-electron chi connectivity index (χ3n) is 4.28. The van der Waals surface area contributed by atoms with Gasteiger partial charge in [-0.15, -0.1) is 5.10 Å². The lowest BCUT2D eigenvalue weighted by Crippen LogP contribution is -2.23. The topological polar surface area (TPSA) is 89.8 Å². The van der Waals surface area contributed by atoms with Gasteiger partial charge in [0.1, 0.15) is 0 Å². The summed E-state index contributed by atoms with van der Waals surface area (Å²) in [6.07, 6.45) is 0. The zero-order chi connectivity index (χ0) is 20.3. The lowest BCUT2D eigenvalue weighted by atomic mass is 10.1. The van der Waals surface area contributed by atoms with E-state index in [1.54, 1.807) is 35.9 Å². The fraction of sp³-hybridized carbons (Fsp3) is 0.250. The Morgan fingerprint density at radius 2 is 1.79 bits per heavy atom. The molecule has 0 aliphatic rings. The molecule has 1 heterocycles. The number of thioether (sulfide) groups is 1. The number of hydrogen-bond acceptors (Lipinski definition) is 6. The second kappa shape index (κ2) is 8.35. The van der Waals surface area contributed by atoms with Crippen molar-refractivity contribution >= 4 is 29.1 Å². The molecule has 2 aromatic carbocycles. The van der Waals surface area contributed by atoms with Gasteiger partial charge < -0.3 is 5.32 Å². The van der Waals surface area contributed by atoms with Crippen LogP contribution in [-0.2, 0) is 4.79 Å². The van der Waals surface area contributed by atoms with E-state index in [4.69, 9.17) is 0 Å². The van der Waals surface area contributed by atoms with Crippen LogP contribution >= 0.6 is 11.8 Å². The number of ketones is 1. The van der Waals surface area contributed by atoms with Crippen molar-refractivity contribution in [2.24, 2.45) is 0 Å². The maximum atomic E-state index is 12.6. The summed E-state index contributed by atoms with van der Waals surface area (Å²) in [5.74, 6) is -0.243. The molecule has 0 spiro atoms. The van der Waals surface area contributed by atoms with Gasteiger partial charge in [0.25, 0.3) is 0 Å². The highest BCUT2D eigenvalue weighted by Gasteiger charge is 2.21. The van der Waals surface area contributed by atoms with E-state index < -0.39 is 5.25 Å². The molecule has 3 aromatic rings. The van der Waals surface area contributed by atoms with E-state index in [2.05, 4.69) is 20.8 Å². The summed E-state index contributed by atoms with van der Waals surface area (Å²) in [7, 11) is 0. The molecule has 0 saturated heterocycles. The monoisotopic (exact) mass is 395 g/mol. The average Bonchev–Trinajstić information content (AvgIpc) is 3.09. The Balaban J connectivity index is 1.76. The predicted molar refractivity (Wildman–Crippen MR) is 109 cm³/mol. The number of para-hydroxylation sites is 1. The van der Waals surface area contributed by atoms with Crippen LogP contribution in [0.5, 0.6) is 0 Å². The van der Waals surface area contributed by atoms with Crippen LogP contribution in [0.2, 0.25) is 0 Å². The van der Waals surface area contributed by atoms with E-state index in [0.717, 1.165) is 16.8 Å². The Kier molecular flexibility index (Phi) is 5.89. The summed E-state index contributed by atoms with van der Waals surface area (Å²) < 4.78 is 1.66. The van der Waals surface area contributed by atoms with Crippen LogP contribution in [0.1, 0.15) is 35.3 Å². The van der Waals surface area contributed by atoms with Gasteiger partial charge in [-0.25, -0.2) is 0 Å². The van der Waals surface area contributed by atoms with Gasteiger partial charge in [0.2, 0.25) is 11.1 Å². The second-order valence-electron chi connectivity index (χ2n) is 6.50. The summed E-state index contributed by atoms with van der Waals surface area (Å²) in [6.45, 7) is 7.28. The summed E-state index contributed by atoms with van der Waals surface area (Å²) in [6, 6.07) is 12.9. The van der Waals surface area contributed by atoms with Crippen molar-refractivity contribution < 1.29 is 9.59 Å². The number of rotatable bonds is 6. The minimum atomic E-state index is -0.435. The smallest absolute Gasteiger partial charge is 0.237 e. The molecule has 0 radical (unpaired) electrons. The van der Waals surface area contributed by atoms with Gasteiger partial charge in [0.05, 0.1) is 10.9 Å². The van der Waals surface area contributed by atoms with Crippen molar-refractivity contribution in [2.75, 3.05) is 5.32 Å². The van der Waals surface area contributed by atoms with Crippen LogP contribution in [0.15, 0.2) is 47.6 Å². The zero-order valence-electron chi connectivity index (χ0n) is 16.1. The first-order valence-corrected chi connectivity index (χ1v) is 9.68. The van der Waals surface area contributed by atoms with Crippen molar-refractivity contribution in [3.63, 3.8) is 0 Å². The van der Waals surface area contributed by atoms with Gasteiger partial charge in [-0.3, -0.25) is 9.59 Å². The van der Waals surface area contributed by atoms with Gasteiger partial charge >= 0.3 is 0 Å². The van der Waals surface area contributed by atoms with Crippen molar-refractivity contribution in [2.45, 2.75) is 38.1 Å². The number of benzene rings is 2. The highest BCUT2D eigenvalue weighted by Crippen LogP contribution is 2.26. The summed E-state index contributed by atoms with van der Waals surface area (Å²) in [4.78, 5) is 24.1. The molecular weight excluding hydrogens is 374 g/mol. The molecule has 3 rings (SSSR count). The van der Waals surface area contributed by atoms with E-state index in [1.165, 1.54) is 18.7 Å². The molecule has 7 nitrogen and oxygen atoms in total. The highest BCUT2D eigenvalue weighted by molar-refractivity contribution is 8.00. The van der Waals surface area contributed by atoms with Crippen LogP contribution in [-0.4, -0.2) is 37.1 Å². The van der Waals surface area contributed by atoms with Crippen LogP contribution in [0, 0.1) is 13.8 Å². The van der Waals surface area contributed by atoms with Gasteiger partial charge in [0, 0.05) is 11.3 Å². The fourth-order valence-corrected chi connectivity index (χ4v) is 3.60. The Hall–Kier alpha value is -3.00. The number of aromatic nitrogens is 4. The minimum Gasteiger partial charge on any atom is -0.325 e. The quantitative estimate of drug-likeness (QED) is 0.507. The number of anilines is 1. The number of amides is 1. The summed E-state index contributed by atoms with van der Waals surface area (Å²) in [5, 5.41) is 14.9. The Labute approximate surface area is 167 Å². The molecule has 1 aromatic heterocycles. The largest absolute Gasteiger partial charge is 0.325 e. The first-order valence-electron chi connectivity index (χ1n) is 8.80. The van der Waals surface area contributed by atoms with Crippen LogP contribution in [0.4, 0.5) is 5.69 Å². The molecule has 0 bridgehead atoms. The van der Waals surface area contributed by atoms with Crippen molar-refractivity contribution in [1.29, 1.82) is 0 Å². The second-order valence-corrected chi connectivity index (χ2v) is 7.81. The average molecular weight is 395 g/mol. The zero-order valence-corrected chi connectivity index (χ0v) is 16.9. The summed E-state index contributed by atoms with van der Waals surface area (Å²) in [5.41, 5.74) is 4.15. The molecule has 8 heteroatoms. The molecule has 0 fully saturated rings. The number of aryl methyl sites for hydroxylation is 2. The third-order valence-corrected chi connectivity index (χ3v) is 5.31. The van der Waals surface area contributed by atoms with Crippen molar-refractivity contribution in [3.05, 3.63) is 59.2 Å². The molecule has 28 heavy (non-hydrogen) atoms. The van der Waals surface area contributed by atoms with Crippen molar-refractivity contribution in [1.82, 2.24) is 20.2 Å². The Bertz CT molecular complexity index is 1010. The molecule has 1 N–H and O–H groups in total. The van der Waals surface area contributed by atoms with Gasteiger partial charge in [-0.05, 0) is 61.4 Å². The highest BCUT2D eigenvalue weighted by atomic mass is 32.2. The minimum absolute atomic E-state index is 0.0497. The molecule has 0 aliphatic heterocycles. The molecule has 1 unspecified atom stereocenters. The molecule has 1 atom stereocenters. The van der Waals surface area contributed by atoms with E-state index in [9.17, 15) is 9.59 Å². The molecular formula is C20H21N5O2S. The lowest BCUT2D eigenvalue weighted by molar-refractivity contribution is -0.115. The van der Waals surface area contributed by atoms with Gasteiger partial charge in [-0.2, -0.15) is 4.68 Å². The van der Waals surface area contributed by atoms with E-state index in [1.807, 2.05) is 32.0 Å². The van der Waals surface area contributed by atoms with E-state index in [-0.39, 0.29) is 11.7 Å². The maximum absolute atomic E-state index is 12.6. The van der Waals surface area contributed by atoms with Crippen LogP contribution in [0.3, 0.4) is 0 Å². The number of hydrogen-bond donors (Lipinski definition) is 1. The fourth-order valence-electron chi connectivity index (χ4n) is 2.80. The number of nitrogens with one attached hydrogen (secondary N) is 1. The van der Waals surface area contributed by atoms with Gasteiger partial charge in [-0.1, -0.05) is 42.1 Å². The number of carbonyl (C=O) groups is 2. The first kappa shape index (κ1) is 19.8. The normalized spacial score (nSPS) is 11.9. The molecule has 1 amide bonds. The Morgan fingerprint density at radius 1 is 1.11 bits per heavy atom.